The molecule has 0 saturated heterocycles. The van der Waals surface area contributed by atoms with Gasteiger partial charge in [-0.3, -0.25) is 4.79 Å². The van der Waals surface area contributed by atoms with Crippen LogP contribution in [0.1, 0.15) is 39.2 Å². The number of hydrogen-bond acceptors (Lipinski definition) is 5. The van der Waals surface area contributed by atoms with Gasteiger partial charge in [0.1, 0.15) is 0 Å². The Labute approximate surface area is 259 Å². The van der Waals surface area contributed by atoms with E-state index in [1.165, 1.54) is 30.9 Å². The van der Waals surface area contributed by atoms with Crippen LogP contribution in [0.15, 0.2) is 113 Å². The Kier molecular flexibility index (Phi) is 9.84. The van der Waals surface area contributed by atoms with Crippen molar-refractivity contribution in [2.75, 3.05) is 0 Å². The maximum absolute atomic E-state index is 10.0. The van der Waals surface area contributed by atoms with E-state index in [9.17, 15) is 4.79 Å². The first-order valence-electron chi connectivity index (χ1n) is 13.5. The normalized spacial score (nSPS) is 11.2. The van der Waals surface area contributed by atoms with E-state index < -0.39 is 0 Å². The Morgan fingerprint density at radius 1 is 0.905 bits per heavy atom. The molecule has 42 heavy (non-hydrogen) atoms. The molecule has 0 aliphatic carbocycles. The molecule has 2 aromatic heterocycles. The first-order chi connectivity index (χ1) is 19.8. The van der Waals surface area contributed by atoms with Crippen LogP contribution < -0.4 is 0 Å². The molecule has 0 fully saturated rings. The van der Waals surface area contributed by atoms with E-state index in [-0.39, 0.29) is 31.6 Å². The largest absolute Gasteiger partial charge is 0.512 e. The summed E-state index contributed by atoms with van der Waals surface area (Å²) in [6, 6.07) is 34.6. The predicted molar refractivity (Wildman–Crippen MR) is 166 cm³/mol. The topological polar surface area (TPSA) is 76.2 Å². The molecule has 213 valence electrons. The molecule has 4 aromatic carbocycles. The van der Waals surface area contributed by atoms with Crippen LogP contribution >= 0.6 is 0 Å². The number of carbonyl (C=O) groups excluding carboxylic acids is 1. The van der Waals surface area contributed by atoms with E-state index in [1.807, 2.05) is 54.7 Å². The summed E-state index contributed by atoms with van der Waals surface area (Å²) >= 11 is 0. The van der Waals surface area contributed by atoms with Crippen LogP contribution in [-0.2, 0) is 24.9 Å². The minimum Gasteiger partial charge on any atom is -0.512 e. The van der Waals surface area contributed by atoms with Gasteiger partial charge in [0.2, 0.25) is 5.89 Å². The van der Waals surface area contributed by atoms with Gasteiger partial charge in [0, 0.05) is 43.5 Å². The minimum absolute atomic E-state index is 0. The maximum Gasteiger partial charge on any atom is 0.216 e. The first kappa shape index (κ1) is 30.6. The van der Waals surface area contributed by atoms with E-state index >= 15 is 0 Å². The summed E-state index contributed by atoms with van der Waals surface area (Å²) in [4.78, 5) is 19.6. The van der Waals surface area contributed by atoms with Gasteiger partial charge in [0.25, 0.3) is 0 Å². The number of aliphatic hydroxyl groups is 1. The second kappa shape index (κ2) is 13.5. The average molecular weight is 732 g/mol. The smallest absolute Gasteiger partial charge is 0.216 e. The first-order valence-corrected chi connectivity index (χ1v) is 13.5. The molecule has 0 saturated carbocycles. The van der Waals surface area contributed by atoms with Crippen molar-refractivity contribution in [1.29, 1.82) is 0 Å². The Morgan fingerprint density at radius 2 is 1.57 bits per heavy atom. The molecule has 0 aliphatic heterocycles. The van der Waals surface area contributed by atoms with Gasteiger partial charge in [-0.1, -0.05) is 86.1 Å². The minimum atomic E-state index is -0.125. The Balaban J connectivity index is 0.000000454. The number of hydrogen-bond donors (Lipinski definition) is 1. The molecule has 0 aliphatic rings. The van der Waals surface area contributed by atoms with Crippen molar-refractivity contribution in [3.63, 3.8) is 0 Å². The number of oxazole rings is 1. The van der Waals surface area contributed by atoms with Gasteiger partial charge in [-0.25, -0.2) is 4.98 Å². The van der Waals surface area contributed by atoms with Crippen molar-refractivity contribution in [2.24, 2.45) is 0 Å². The molecule has 1 N–H and O–H groups in total. The van der Waals surface area contributed by atoms with E-state index in [0.717, 1.165) is 38.9 Å². The van der Waals surface area contributed by atoms with Gasteiger partial charge < -0.3 is 14.5 Å². The molecule has 0 amide bonds. The number of aliphatic hydroxyl groups excluding tert-OH is 1. The number of nitrogens with zero attached hydrogens (tertiary/aromatic N) is 2. The SMILES string of the molecule is CC(=O)/C=C(/C)O.CC(C)c1ccc2c(-c3[c-]c4nc(-c5ccccc5)oc4c(-c4ccccc4)c3)nccc2c1.[Ir]. The van der Waals surface area contributed by atoms with Gasteiger partial charge in [0.15, 0.2) is 5.78 Å². The predicted octanol–water partition coefficient (Wildman–Crippen LogP) is 9.34. The fourth-order valence-electron chi connectivity index (χ4n) is 4.69. The summed E-state index contributed by atoms with van der Waals surface area (Å²) in [5.74, 6) is 1.00. The molecule has 2 heterocycles. The van der Waals surface area contributed by atoms with Crippen molar-refractivity contribution < 1.29 is 34.4 Å². The molecule has 0 atom stereocenters. The van der Waals surface area contributed by atoms with Crippen LogP contribution in [0.2, 0.25) is 0 Å². The second-order valence-corrected chi connectivity index (χ2v) is 10.2. The summed E-state index contributed by atoms with van der Waals surface area (Å²) in [5, 5.41) is 10.6. The van der Waals surface area contributed by atoms with Crippen LogP contribution in [-0.4, -0.2) is 20.9 Å². The summed E-state index contributed by atoms with van der Waals surface area (Å²) in [6.07, 6.45) is 3.04. The molecule has 6 aromatic rings. The van der Waals surface area contributed by atoms with Crippen LogP contribution in [0, 0.1) is 6.07 Å². The number of aromatic nitrogens is 2. The van der Waals surface area contributed by atoms with Crippen LogP contribution in [0.25, 0.3) is 55.7 Å². The third-order valence-corrected chi connectivity index (χ3v) is 6.64. The Bertz CT molecular complexity index is 1860. The van der Waals surface area contributed by atoms with Crippen molar-refractivity contribution in [3.8, 4) is 33.8 Å². The van der Waals surface area contributed by atoms with Crippen LogP contribution in [0.5, 0.6) is 0 Å². The van der Waals surface area contributed by atoms with Crippen LogP contribution in [0.4, 0.5) is 0 Å². The Morgan fingerprint density at radius 3 is 2.17 bits per heavy atom. The van der Waals surface area contributed by atoms with Gasteiger partial charge in [-0.05, 0) is 65.6 Å². The van der Waals surface area contributed by atoms with Gasteiger partial charge in [-0.15, -0.1) is 17.7 Å². The zero-order valence-corrected chi connectivity index (χ0v) is 26.3. The zero-order valence-electron chi connectivity index (χ0n) is 23.9. The van der Waals surface area contributed by atoms with E-state index in [2.05, 4.69) is 62.4 Å². The maximum atomic E-state index is 10.0. The van der Waals surface area contributed by atoms with Crippen molar-refractivity contribution in [3.05, 3.63) is 121 Å². The van der Waals surface area contributed by atoms with Gasteiger partial charge in [-0.2, -0.15) is 0 Å². The molecule has 0 bridgehead atoms. The third-order valence-electron chi connectivity index (χ3n) is 6.64. The quantitative estimate of drug-likeness (QED) is 0.109. The van der Waals surface area contributed by atoms with Crippen molar-refractivity contribution in [2.45, 2.75) is 33.6 Å². The number of carbonyl (C=O) groups is 1. The van der Waals surface area contributed by atoms with Gasteiger partial charge >= 0.3 is 0 Å². The number of allylic oxidation sites excluding steroid dienone is 2. The molecule has 5 nitrogen and oxygen atoms in total. The fourth-order valence-corrected chi connectivity index (χ4v) is 4.69. The summed E-state index contributed by atoms with van der Waals surface area (Å²) < 4.78 is 6.30. The standard InChI is InChI=1S/C31H23N2O.C5H8O2.Ir/c1-20(2)23-13-14-26-24(17-23)15-16-32-29(26)25-18-27(21-9-5-3-6-10-21)30-28(19-25)33-31(34-30)22-11-7-4-8-12-22;1-4(6)3-5(2)7;/h3-18,20H,1-2H3;3,6H,1-2H3;/q-1;;/b;4-3-;. The number of rotatable bonds is 5. The number of benzene rings is 4. The molecule has 0 spiro atoms. The molecule has 6 rings (SSSR count). The number of fused-ring (bicyclic) bond motifs is 2. The molecule has 6 heteroatoms. The van der Waals surface area contributed by atoms with E-state index in [1.54, 1.807) is 0 Å². The summed E-state index contributed by atoms with van der Waals surface area (Å²) in [5.41, 5.74) is 7.55. The van der Waals surface area contributed by atoms with E-state index in [4.69, 9.17) is 19.5 Å². The van der Waals surface area contributed by atoms with Crippen molar-refractivity contribution >= 4 is 27.7 Å². The van der Waals surface area contributed by atoms with Crippen LogP contribution in [0.3, 0.4) is 0 Å². The number of pyridine rings is 1. The van der Waals surface area contributed by atoms with Crippen molar-refractivity contribution in [1.82, 2.24) is 9.97 Å². The van der Waals surface area contributed by atoms with Gasteiger partial charge in [0.05, 0.1) is 11.3 Å². The average Bonchev–Trinajstić information content (AvgIpc) is 3.41. The molecule has 0 unspecified atom stereocenters. The zero-order chi connectivity index (χ0) is 28.9. The monoisotopic (exact) mass is 732 g/mol. The second-order valence-electron chi connectivity index (χ2n) is 10.2. The molecular formula is C36H31IrN2O3-. The fraction of sp³-hybridized carbons (Fsp3) is 0.139. The summed E-state index contributed by atoms with van der Waals surface area (Å²) in [6.45, 7) is 7.28. The molecule has 1 radical (unpaired) electrons. The molecular weight excluding hydrogens is 701 g/mol. The Hall–Kier alpha value is -4.38. The van der Waals surface area contributed by atoms with E-state index in [0.29, 0.717) is 17.3 Å². The summed E-state index contributed by atoms with van der Waals surface area (Å²) in [7, 11) is 0. The number of ketones is 1. The third kappa shape index (κ3) is 6.91.